The molecule has 23 heavy (non-hydrogen) atoms. The Morgan fingerprint density at radius 1 is 1.17 bits per heavy atom. The molecule has 2 heterocycles. The topological polar surface area (TPSA) is 104 Å². The third-order valence-corrected chi connectivity index (χ3v) is 3.34. The second kappa shape index (κ2) is 6.87. The molecule has 2 aromatic heterocycles. The van der Waals surface area contributed by atoms with Crippen LogP contribution in [0.2, 0.25) is 0 Å². The largest absolute Gasteiger partial charge is 0.493 e. The van der Waals surface area contributed by atoms with Crippen molar-refractivity contribution in [3.63, 3.8) is 0 Å². The number of carboxylic acids is 1. The monoisotopic (exact) mass is 318 g/mol. The van der Waals surface area contributed by atoms with Gasteiger partial charge in [0.25, 0.3) is 5.56 Å². The van der Waals surface area contributed by atoms with Gasteiger partial charge in [0.05, 0.1) is 19.7 Å². The van der Waals surface area contributed by atoms with Crippen LogP contribution in [0, 0.1) is 0 Å². The average molecular weight is 318 g/mol. The van der Waals surface area contributed by atoms with Crippen molar-refractivity contribution in [3.05, 3.63) is 34.7 Å². The predicted octanol–water partition coefficient (Wildman–Crippen LogP) is 2.51. The minimum absolute atomic E-state index is 0.144. The van der Waals surface area contributed by atoms with Crippen LogP contribution in [0.3, 0.4) is 0 Å². The highest BCUT2D eigenvalue weighted by atomic mass is 16.5. The summed E-state index contributed by atoms with van der Waals surface area (Å²) in [5, 5.41) is 9.51. The summed E-state index contributed by atoms with van der Waals surface area (Å²) in [5.74, 6) is 0.486. The molecule has 0 amide bonds. The fourth-order valence-corrected chi connectivity index (χ4v) is 2.17. The molecule has 0 aliphatic rings. The van der Waals surface area contributed by atoms with E-state index in [0.717, 1.165) is 16.3 Å². The minimum Gasteiger partial charge on any atom is -0.493 e. The number of hydrogen-bond acceptors (Lipinski definition) is 4. The summed E-state index contributed by atoms with van der Waals surface area (Å²) >= 11 is 0. The van der Waals surface area contributed by atoms with Crippen LogP contribution in [0.5, 0.6) is 11.5 Å². The quantitative estimate of drug-likeness (QED) is 0.688. The maximum atomic E-state index is 11.8. The summed E-state index contributed by atoms with van der Waals surface area (Å²) in [6.45, 7) is 1.60. The number of hydrogen-bond donors (Lipinski definition) is 3. The fraction of sp³-hybridized carbons (Fsp3) is 0.250. The number of carbonyl (C=O) groups is 1. The first-order chi connectivity index (χ1) is 11.0. The summed E-state index contributed by atoms with van der Waals surface area (Å²) in [7, 11) is 3.15. The van der Waals surface area contributed by atoms with Crippen molar-refractivity contribution in [3.8, 4) is 11.5 Å². The zero-order valence-corrected chi connectivity index (χ0v) is 13.1. The lowest BCUT2D eigenvalue weighted by Gasteiger charge is -2.09. The van der Waals surface area contributed by atoms with Crippen LogP contribution in [0.15, 0.2) is 29.2 Å². The summed E-state index contributed by atoms with van der Waals surface area (Å²) < 4.78 is 10.5. The van der Waals surface area contributed by atoms with Gasteiger partial charge in [0.1, 0.15) is 5.52 Å². The van der Waals surface area contributed by atoms with E-state index >= 15 is 0 Å². The molecule has 0 aliphatic carbocycles. The standard InChI is InChI=1S/C13H12N2O3.C3H6O2/c1-17-10-5-8-7-3-4-14-12(7)13(16)15-9(8)6-11(10)18-2;1-2-3(4)5/h3-6,14H,1-2H3,(H,15,16);2H2,1H3,(H,4,5). The number of methoxy groups -OCH3 is 2. The van der Waals surface area contributed by atoms with Gasteiger partial charge in [-0.2, -0.15) is 0 Å². The number of pyridine rings is 1. The number of fused-ring (bicyclic) bond motifs is 3. The van der Waals surface area contributed by atoms with Crippen LogP contribution in [-0.4, -0.2) is 35.3 Å². The fourth-order valence-electron chi connectivity index (χ4n) is 2.17. The second-order valence-electron chi connectivity index (χ2n) is 4.72. The molecule has 7 heteroatoms. The summed E-state index contributed by atoms with van der Waals surface area (Å²) in [6, 6.07) is 5.50. The van der Waals surface area contributed by atoms with Gasteiger partial charge in [0.2, 0.25) is 0 Å². The van der Waals surface area contributed by atoms with Gasteiger partial charge in [-0.25, -0.2) is 0 Å². The molecule has 0 radical (unpaired) electrons. The van der Waals surface area contributed by atoms with E-state index < -0.39 is 5.97 Å². The van der Waals surface area contributed by atoms with E-state index in [1.54, 1.807) is 33.4 Å². The van der Waals surface area contributed by atoms with Gasteiger partial charge in [-0.05, 0) is 12.1 Å². The van der Waals surface area contributed by atoms with Gasteiger partial charge < -0.3 is 24.5 Å². The van der Waals surface area contributed by atoms with Crippen molar-refractivity contribution in [2.24, 2.45) is 0 Å². The first-order valence-electron chi connectivity index (χ1n) is 6.98. The number of benzene rings is 1. The van der Waals surface area contributed by atoms with Crippen LogP contribution in [0.25, 0.3) is 21.8 Å². The van der Waals surface area contributed by atoms with E-state index in [1.807, 2.05) is 12.1 Å². The number of H-pyrrole nitrogens is 2. The molecule has 122 valence electrons. The Hall–Kier alpha value is -2.96. The zero-order valence-electron chi connectivity index (χ0n) is 13.1. The molecule has 0 bridgehead atoms. The SMILES string of the molecule is CCC(=O)O.COc1cc2[nH]c(=O)c3[nH]ccc3c2cc1OC. The van der Waals surface area contributed by atoms with Gasteiger partial charge in [-0.15, -0.1) is 0 Å². The molecule has 3 N–H and O–H groups in total. The average Bonchev–Trinajstić information content (AvgIpc) is 3.05. The lowest BCUT2D eigenvalue weighted by molar-refractivity contribution is -0.136. The van der Waals surface area contributed by atoms with Gasteiger partial charge >= 0.3 is 5.97 Å². The molecule has 7 nitrogen and oxygen atoms in total. The Bertz CT molecular complexity index is 894. The van der Waals surface area contributed by atoms with Gasteiger partial charge in [-0.3, -0.25) is 9.59 Å². The Morgan fingerprint density at radius 2 is 1.78 bits per heavy atom. The van der Waals surface area contributed by atoms with Crippen molar-refractivity contribution in [1.82, 2.24) is 9.97 Å². The van der Waals surface area contributed by atoms with Crippen LogP contribution in [-0.2, 0) is 4.79 Å². The highest BCUT2D eigenvalue weighted by Gasteiger charge is 2.11. The molecular formula is C16H18N2O5. The molecule has 0 aliphatic heterocycles. The molecular weight excluding hydrogens is 300 g/mol. The first kappa shape index (κ1) is 16.4. The molecule has 0 saturated carbocycles. The van der Waals surface area contributed by atoms with Gasteiger partial charge in [0, 0.05) is 29.5 Å². The number of rotatable bonds is 3. The first-order valence-corrected chi connectivity index (χ1v) is 6.98. The van der Waals surface area contributed by atoms with Crippen molar-refractivity contribution in [2.45, 2.75) is 13.3 Å². The highest BCUT2D eigenvalue weighted by Crippen LogP contribution is 2.33. The number of carboxylic acid groups (broad SMARTS) is 1. The number of aromatic nitrogens is 2. The van der Waals surface area contributed by atoms with Crippen molar-refractivity contribution in [2.75, 3.05) is 14.2 Å². The third-order valence-electron chi connectivity index (χ3n) is 3.34. The molecule has 0 spiro atoms. The number of ether oxygens (including phenoxy) is 2. The number of nitrogens with one attached hydrogen (secondary N) is 2. The van der Waals surface area contributed by atoms with Crippen LogP contribution < -0.4 is 15.0 Å². The molecule has 0 fully saturated rings. The van der Waals surface area contributed by atoms with Crippen LogP contribution in [0.1, 0.15) is 13.3 Å². The molecule has 3 rings (SSSR count). The second-order valence-corrected chi connectivity index (χ2v) is 4.72. The maximum absolute atomic E-state index is 11.8. The summed E-state index contributed by atoms with van der Waals surface area (Å²) in [4.78, 5) is 27.0. The molecule has 0 atom stereocenters. The lowest BCUT2D eigenvalue weighted by atomic mass is 10.1. The molecule has 3 aromatic rings. The van der Waals surface area contributed by atoms with E-state index in [0.29, 0.717) is 17.0 Å². The van der Waals surface area contributed by atoms with Crippen molar-refractivity contribution < 1.29 is 19.4 Å². The van der Waals surface area contributed by atoms with Gasteiger partial charge in [-0.1, -0.05) is 6.92 Å². The van der Waals surface area contributed by atoms with Crippen LogP contribution in [0.4, 0.5) is 0 Å². The van der Waals surface area contributed by atoms with Crippen molar-refractivity contribution in [1.29, 1.82) is 0 Å². The predicted molar refractivity (Wildman–Crippen MR) is 87.5 cm³/mol. The van der Waals surface area contributed by atoms with E-state index in [-0.39, 0.29) is 12.0 Å². The van der Waals surface area contributed by atoms with Crippen molar-refractivity contribution >= 4 is 27.8 Å². The smallest absolute Gasteiger partial charge is 0.303 e. The minimum atomic E-state index is -0.745. The molecule has 0 unspecified atom stereocenters. The van der Waals surface area contributed by atoms with E-state index in [2.05, 4.69) is 9.97 Å². The Balaban J connectivity index is 0.000000338. The highest BCUT2D eigenvalue weighted by molar-refractivity contribution is 6.05. The summed E-state index contributed by atoms with van der Waals surface area (Å²) in [5.41, 5.74) is 1.15. The molecule has 0 saturated heterocycles. The van der Waals surface area contributed by atoms with E-state index in [4.69, 9.17) is 14.6 Å². The Kier molecular flexibility index (Phi) is 4.90. The normalized spacial score (nSPS) is 10.2. The number of aliphatic carboxylic acids is 1. The van der Waals surface area contributed by atoms with Crippen LogP contribution >= 0.6 is 0 Å². The van der Waals surface area contributed by atoms with Gasteiger partial charge in [0.15, 0.2) is 11.5 Å². The lowest BCUT2D eigenvalue weighted by Crippen LogP contribution is -2.06. The Labute approximate surface area is 131 Å². The molecule has 1 aromatic carbocycles. The Morgan fingerprint density at radius 3 is 2.35 bits per heavy atom. The van der Waals surface area contributed by atoms with E-state index in [9.17, 15) is 9.59 Å². The number of aromatic amines is 2. The van der Waals surface area contributed by atoms with E-state index in [1.165, 1.54) is 0 Å². The maximum Gasteiger partial charge on any atom is 0.303 e. The summed E-state index contributed by atoms with van der Waals surface area (Å²) in [6.07, 6.45) is 1.97. The zero-order chi connectivity index (χ0) is 17.0. The third kappa shape index (κ3) is 3.28.